The highest BCUT2D eigenvalue weighted by atomic mass is 16.7. The van der Waals surface area contributed by atoms with Crippen LogP contribution in [0.3, 0.4) is 0 Å². The quantitative estimate of drug-likeness (QED) is 0.724. The van der Waals surface area contributed by atoms with Crippen LogP contribution in [0.1, 0.15) is 36.0 Å². The number of hydrogen-bond acceptors (Lipinski definition) is 7. The van der Waals surface area contributed by atoms with Gasteiger partial charge in [0.2, 0.25) is 0 Å². The van der Waals surface area contributed by atoms with E-state index < -0.39 is 24.3 Å². The number of ether oxygens (including phenoxy) is 5. The Hall–Kier alpha value is -3.42. The van der Waals surface area contributed by atoms with Gasteiger partial charge in [0.05, 0.1) is 19.8 Å². The lowest BCUT2D eigenvalue weighted by Gasteiger charge is -2.21. The molecule has 0 bridgehead atoms. The molecule has 1 saturated carbocycles. The first-order chi connectivity index (χ1) is 14.5. The van der Waals surface area contributed by atoms with Crippen molar-refractivity contribution in [1.82, 2.24) is 0 Å². The summed E-state index contributed by atoms with van der Waals surface area (Å²) in [5.74, 6) is 0.524. The van der Waals surface area contributed by atoms with E-state index in [1.54, 1.807) is 24.3 Å². The predicted octanol–water partition coefficient (Wildman–Crippen LogP) is 3.54. The van der Waals surface area contributed by atoms with Crippen LogP contribution in [0, 0.1) is 0 Å². The largest absolute Gasteiger partial charge is 0.493 e. The first kappa shape index (κ1) is 19.9. The first-order valence-electron chi connectivity index (χ1n) is 9.73. The summed E-state index contributed by atoms with van der Waals surface area (Å²) in [6.07, 6.45) is 3.86. The Morgan fingerprint density at radius 1 is 0.967 bits per heavy atom. The fourth-order valence-electron chi connectivity index (χ4n) is 3.66. The summed E-state index contributed by atoms with van der Waals surface area (Å²) < 4.78 is 27.4. The highest BCUT2D eigenvalue weighted by Crippen LogP contribution is 2.47. The molecule has 2 aromatic rings. The third-order valence-electron chi connectivity index (χ3n) is 5.14. The Labute approximate surface area is 174 Å². The summed E-state index contributed by atoms with van der Waals surface area (Å²) in [5, 5.41) is 2.70. The highest BCUT2D eigenvalue weighted by Gasteiger charge is 2.44. The van der Waals surface area contributed by atoms with Crippen molar-refractivity contribution in [3.8, 4) is 23.0 Å². The number of benzene rings is 2. The van der Waals surface area contributed by atoms with Gasteiger partial charge in [0.15, 0.2) is 29.6 Å². The Kier molecular flexibility index (Phi) is 5.39. The Morgan fingerprint density at radius 3 is 2.43 bits per heavy atom. The number of hydrogen-bond donors (Lipinski definition) is 1. The molecule has 1 aliphatic heterocycles. The zero-order chi connectivity index (χ0) is 21.1. The molecule has 0 radical (unpaired) electrons. The van der Waals surface area contributed by atoms with Gasteiger partial charge >= 0.3 is 5.97 Å². The molecule has 1 aliphatic carbocycles. The molecule has 30 heavy (non-hydrogen) atoms. The average molecular weight is 413 g/mol. The lowest BCUT2D eigenvalue weighted by atomic mass is 10.2. The summed E-state index contributed by atoms with van der Waals surface area (Å²) in [6, 6.07) is 9.85. The second kappa shape index (κ2) is 8.14. The summed E-state index contributed by atoms with van der Waals surface area (Å²) in [7, 11) is 2.98. The van der Waals surface area contributed by atoms with Crippen LogP contribution in [-0.4, -0.2) is 38.5 Å². The smallest absolute Gasteiger partial charge is 0.338 e. The Morgan fingerprint density at radius 2 is 1.70 bits per heavy atom. The molecular weight excluding hydrogens is 390 g/mol. The maximum atomic E-state index is 12.2. The lowest BCUT2D eigenvalue weighted by Crippen LogP contribution is -2.34. The van der Waals surface area contributed by atoms with E-state index in [1.165, 1.54) is 26.4 Å². The van der Waals surface area contributed by atoms with Crippen molar-refractivity contribution >= 4 is 17.6 Å². The third-order valence-corrected chi connectivity index (χ3v) is 5.14. The Balaban J connectivity index is 1.33. The van der Waals surface area contributed by atoms with E-state index in [0.717, 1.165) is 25.7 Å². The summed E-state index contributed by atoms with van der Waals surface area (Å²) in [6.45, 7) is -0.425. The second-order valence-corrected chi connectivity index (χ2v) is 7.18. The average Bonchev–Trinajstić information content (AvgIpc) is 3.36. The first-order valence-corrected chi connectivity index (χ1v) is 9.73. The van der Waals surface area contributed by atoms with Crippen molar-refractivity contribution in [2.24, 2.45) is 0 Å². The minimum Gasteiger partial charge on any atom is -0.493 e. The molecule has 2 aromatic carbocycles. The summed E-state index contributed by atoms with van der Waals surface area (Å²) in [5.41, 5.74) is 0.796. The van der Waals surface area contributed by atoms with Crippen LogP contribution < -0.4 is 24.3 Å². The van der Waals surface area contributed by atoms with Gasteiger partial charge in [-0.3, -0.25) is 4.79 Å². The number of amides is 1. The van der Waals surface area contributed by atoms with Crippen molar-refractivity contribution in [2.75, 3.05) is 26.1 Å². The molecule has 1 heterocycles. The van der Waals surface area contributed by atoms with E-state index in [2.05, 4.69) is 5.32 Å². The van der Waals surface area contributed by atoms with Crippen molar-refractivity contribution in [3.63, 3.8) is 0 Å². The number of esters is 1. The molecule has 2 aliphatic rings. The molecule has 8 nitrogen and oxygen atoms in total. The van der Waals surface area contributed by atoms with Gasteiger partial charge < -0.3 is 29.0 Å². The lowest BCUT2D eigenvalue weighted by molar-refractivity contribution is -0.119. The van der Waals surface area contributed by atoms with Gasteiger partial charge in [0, 0.05) is 24.6 Å². The molecule has 158 valence electrons. The number of rotatable bonds is 6. The molecular formula is C22H23NO7. The van der Waals surface area contributed by atoms with E-state index in [4.69, 9.17) is 23.7 Å². The zero-order valence-electron chi connectivity index (χ0n) is 16.9. The highest BCUT2D eigenvalue weighted by molar-refractivity contribution is 5.96. The fraction of sp³-hybridized carbons (Fsp3) is 0.364. The molecule has 8 heteroatoms. The standard InChI is InChI=1S/C22H23NO7/c1-26-16-7-5-14(11-18(16)27-2)21(25)28-13-20(24)23-15-6-8-17-19(12-15)30-22(29-17)9-3-4-10-22/h5-8,11-12H,3-4,9-10,13H2,1-2H3,(H,23,24). The van der Waals surface area contributed by atoms with Gasteiger partial charge in [-0.15, -0.1) is 0 Å². The number of carbonyl (C=O) groups excluding carboxylic acids is 2. The zero-order valence-corrected chi connectivity index (χ0v) is 16.9. The molecule has 1 spiro atoms. The van der Waals surface area contributed by atoms with Gasteiger partial charge in [-0.25, -0.2) is 4.79 Å². The molecule has 1 amide bonds. The van der Waals surface area contributed by atoms with Crippen LogP contribution in [0.15, 0.2) is 36.4 Å². The topological polar surface area (TPSA) is 92.3 Å². The van der Waals surface area contributed by atoms with Crippen LogP contribution >= 0.6 is 0 Å². The van der Waals surface area contributed by atoms with E-state index in [9.17, 15) is 9.59 Å². The molecule has 0 atom stereocenters. The van der Waals surface area contributed by atoms with Crippen molar-refractivity contribution in [2.45, 2.75) is 31.5 Å². The molecule has 4 rings (SSSR count). The van der Waals surface area contributed by atoms with Crippen molar-refractivity contribution < 1.29 is 33.3 Å². The Bertz CT molecular complexity index is 966. The summed E-state index contributed by atoms with van der Waals surface area (Å²) >= 11 is 0. The molecule has 0 unspecified atom stereocenters. The van der Waals surface area contributed by atoms with Gasteiger partial charge in [-0.2, -0.15) is 0 Å². The van der Waals surface area contributed by atoms with Crippen LogP contribution in [-0.2, 0) is 9.53 Å². The minimum absolute atomic E-state index is 0.255. The maximum absolute atomic E-state index is 12.2. The second-order valence-electron chi connectivity index (χ2n) is 7.18. The molecule has 1 N–H and O–H groups in total. The number of methoxy groups -OCH3 is 2. The van der Waals surface area contributed by atoms with Gasteiger partial charge in [-0.1, -0.05) is 0 Å². The third kappa shape index (κ3) is 3.98. The molecule has 0 aromatic heterocycles. The normalized spacial score (nSPS) is 15.7. The fourth-order valence-corrected chi connectivity index (χ4v) is 3.66. The number of nitrogens with one attached hydrogen (secondary N) is 1. The maximum Gasteiger partial charge on any atom is 0.338 e. The minimum atomic E-state index is -0.639. The number of carbonyl (C=O) groups is 2. The monoisotopic (exact) mass is 413 g/mol. The van der Waals surface area contributed by atoms with Crippen LogP contribution in [0.25, 0.3) is 0 Å². The molecule has 1 fully saturated rings. The van der Waals surface area contributed by atoms with Crippen molar-refractivity contribution in [3.05, 3.63) is 42.0 Å². The van der Waals surface area contributed by atoms with Crippen LogP contribution in [0.2, 0.25) is 0 Å². The number of fused-ring (bicyclic) bond motifs is 1. The number of anilines is 1. The van der Waals surface area contributed by atoms with E-state index in [1.807, 2.05) is 0 Å². The molecule has 0 saturated heterocycles. The van der Waals surface area contributed by atoms with Gasteiger partial charge in [0.1, 0.15) is 0 Å². The van der Waals surface area contributed by atoms with Gasteiger partial charge in [0.25, 0.3) is 11.7 Å². The van der Waals surface area contributed by atoms with Crippen LogP contribution in [0.5, 0.6) is 23.0 Å². The SMILES string of the molecule is COc1ccc(C(=O)OCC(=O)Nc2ccc3c(c2)OC2(CCCC2)O3)cc1OC. The van der Waals surface area contributed by atoms with E-state index in [0.29, 0.717) is 28.7 Å². The predicted molar refractivity (Wildman–Crippen MR) is 107 cm³/mol. The van der Waals surface area contributed by atoms with E-state index >= 15 is 0 Å². The van der Waals surface area contributed by atoms with Crippen LogP contribution in [0.4, 0.5) is 5.69 Å². The van der Waals surface area contributed by atoms with Gasteiger partial charge in [-0.05, 0) is 43.2 Å². The van der Waals surface area contributed by atoms with E-state index in [-0.39, 0.29) is 5.56 Å². The summed E-state index contributed by atoms with van der Waals surface area (Å²) in [4.78, 5) is 24.4. The van der Waals surface area contributed by atoms with Crippen molar-refractivity contribution in [1.29, 1.82) is 0 Å².